The van der Waals surface area contributed by atoms with Gasteiger partial charge in [0.1, 0.15) is 17.6 Å². The summed E-state index contributed by atoms with van der Waals surface area (Å²) in [5.41, 5.74) is 4.95. The van der Waals surface area contributed by atoms with Gasteiger partial charge in [0.25, 0.3) is 0 Å². The molecule has 1 spiro atoms. The first-order valence-corrected chi connectivity index (χ1v) is 12.0. The molecule has 0 bridgehead atoms. The third-order valence-electron chi connectivity index (χ3n) is 8.63. The molecule has 6 rings (SSSR count). The van der Waals surface area contributed by atoms with E-state index in [0.717, 1.165) is 43.4 Å². The number of hydrogen-bond donors (Lipinski definition) is 0. The summed E-state index contributed by atoms with van der Waals surface area (Å²) in [5.74, 6) is 1.42. The number of benzene rings is 1. The molecular weight excluding hydrogens is 404 g/mol. The Morgan fingerprint density at radius 3 is 2.56 bits per heavy atom. The molecule has 2 saturated heterocycles. The standard InChI is InChI=1S/C27H32O5/c1-26-16-30-25(17-3-6-19(29-2)7-4-17)24-20-11-12-27(31-13-14-32-27)15-18(20)5-8-21(24)22(26)9-10-23(26)28/h3-4,6-7,15,21-22,25H,5,8-14,16H2,1-2H3. The van der Waals surface area contributed by atoms with Crippen molar-refractivity contribution < 1.29 is 23.7 Å². The highest BCUT2D eigenvalue weighted by Gasteiger charge is 2.55. The number of Topliss-reactive ketones (excluding diaryl/α,β-unsaturated/α-hetero) is 1. The van der Waals surface area contributed by atoms with Gasteiger partial charge in [-0.1, -0.05) is 19.1 Å². The highest BCUT2D eigenvalue weighted by molar-refractivity contribution is 5.87. The average molecular weight is 437 g/mol. The molecule has 3 aliphatic carbocycles. The zero-order chi connectivity index (χ0) is 21.9. The monoisotopic (exact) mass is 436 g/mol. The molecule has 0 aromatic heterocycles. The van der Waals surface area contributed by atoms with Crippen molar-refractivity contribution in [3.8, 4) is 5.75 Å². The van der Waals surface area contributed by atoms with Crippen molar-refractivity contribution in [3.63, 3.8) is 0 Å². The lowest BCUT2D eigenvalue weighted by Crippen LogP contribution is -2.37. The van der Waals surface area contributed by atoms with Gasteiger partial charge in [0, 0.05) is 12.8 Å². The second-order valence-electron chi connectivity index (χ2n) is 10.2. The number of fused-ring (bicyclic) bond motifs is 4. The van der Waals surface area contributed by atoms with Crippen LogP contribution in [0, 0.1) is 17.3 Å². The Hall–Kier alpha value is -1.95. The average Bonchev–Trinajstić information content (AvgIpc) is 3.35. The Kier molecular flexibility index (Phi) is 4.87. The van der Waals surface area contributed by atoms with Crippen LogP contribution in [0.5, 0.6) is 5.75 Å². The van der Waals surface area contributed by atoms with E-state index in [2.05, 4.69) is 25.1 Å². The van der Waals surface area contributed by atoms with Crippen LogP contribution in [-0.2, 0) is 19.0 Å². The molecule has 0 radical (unpaired) electrons. The van der Waals surface area contributed by atoms with E-state index in [0.29, 0.717) is 43.9 Å². The predicted octanol–water partition coefficient (Wildman–Crippen LogP) is 4.92. The van der Waals surface area contributed by atoms with Gasteiger partial charge in [-0.3, -0.25) is 4.79 Å². The minimum absolute atomic E-state index is 0.126. The summed E-state index contributed by atoms with van der Waals surface area (Å²) in [6.45, 7) is 3.97. The Balaban J connectivity index is 1.48. The number of ketones is 1. The van der Waals surface area contributed by atoms with Gasteiger partial charge in [-0.2, -0.15) is 0 Å². The Morgan fingerprint density at radius 1 is 1.03 bits per heavy atom. The van der Waals surface area contributed by atoms with Crippen LogP contribution in [0.15, 0.2) is 47.1 Å². The van der Waals surface area contributed by atoms with Crippen LogP contribution in [0.2, 0.25) is 0 Å². The van der Waals surface area contributed by atoms with Gasteiger partial charge >= 0.3 is 0 Å². The van der Waals surface area contributed by atoms with Gasteiger partial charge in [-0.05, 0) is 78.0 Å². The van der Waals surface area contributed by atoms with Crippen LogP contribution >= 0.6 is 0 Å². The molecule has 4 unspecified atom stereocenters. The number of allylic oxidation sites excluding steroid dienone is 2. The van der Waals surface area contributed by atoms with E-state index in [9.17, 15) is 4.79 Å². The van der Waals surface area contributed by atoms with E-state index in [1.165, 1.54) is 16.7 Å². The summed E-state index contributed by atoms with van der Waals surface area (Å²) < 4.78 is 24.1. The maximum Gasteiger partial charge on any atom is 0.188 e. The van der Waals surface area contributed by atoms with Crippen molar-refractivity contribution >= 4 is 5.78 Å². The summed E-state index contributed by atoms with van der Waals surface area (Å²) in [5, 5.41) is 0. The second kappa shape index (κ2) is 7.54. The summed E-state index contributed by atoms with van der Waals surface area (Å²) in [6.07, 6.45) is 7.65. The Morgan fingerprint density at radius 2 is 1.81 bits per heavy atom. The zero-order valence-corrected chi connectivity index (χ0v) is 19.0. The molecule has 1 aromatic carbocycles. The molecule has 3 fully saturated rings. The third-order valence-corrected chi connectivity index (χ3v) is 8.63. The number of carbonyl (C=O) groups excluding carboxylic acids is 1. The molecule has 0 N–H and O–H groups in total. The number of ether oxygens (including phenoxy) is 4. The van der Waals surface area contributed by atoms with Gasteiger partial charge in [0.15, 0.2) is 5.79 Å². The van der Waals surface area contributed by atoms with Gasteiger partial charge in [0.05, 0.1) is 32.3 Å². The summed E-state index contributed by atoms with van der Waals surface area (Å²) >= 11 is 0. The first-order valence-electron chi connectivity index (χ1n) is 12.0. The molecular formula is C27H32O5. The van der Waals surface area contributed by atoms with Gasteiger partial charge in [-0.25, -0.2) is 0 Å². The predicted molar refractivity (Wildman–Crippen MR) is 119 cm³/mol. The third kappa shape index (κ3) is 3.05. The number of rotatable bonds is 2. The molecule has 1 aromatic rings. The molecule has 0 amide bonds. The minimum atomic E-state index is -0.536. The lowest BCUT2D eigenvalue weighted by Gasteiger charge is -2.41. The Bertz CT molecular complexity index is 984. The zero-order valence-electron chi connectivity index (χ0n) is 19.0. The SMILES string of the molecule is COc1ccc(C2OCC3(C)C(=O)CCC3C3CCC4=CC5(CCC4=C23)OCCO5)cc1. The fourth-order valence-electron chi connectivity index (χ4n) is 6.93. The van der Waals surface area contributed by atoms with Gasteiger partial charge in [0.2, 0.25) is 0 Å². The van der Waals surface area contributed by atoms with E-state index in [-0.39, 0.29) is 11.5 Å². The fourth-order valence-corrected chi connectivity index (χ4v) is 6.93. The maximum absolute atomic E-state index is 13.0. The quantitative estimate of drug-likeness (QED) is 0.659. The van der Waals surface area contributed by atoms with Gasteiger partial charge < -0.3 is 18.9 Å². The van der Waals surface area contributed by atoms with Crippen LogP contribution in [0.25, 0.3) is 0 Å². The first-order chi connectivity index (χ1) is 15.5. The lowest BCUT2D eigenvalue weighted by atomic mass is 9.63. The number of methoxy groups -OCH3 is 1. The van der Waals surface area contributed by atoms with Crippen molar-refractivity contribution in [1.29, 1.82) is 0 Å². The number of carbonyl (C=O) groups is 1. The van der Waals surface area contributed by atoms with Crippen LogP contribution in [0.3, 0.4) is 0 Å². The van der Waals surface area contributed by atoms with E-state index < -0.39 is 5.79 Å². The fraction of sp³-hybridized carbons (Fsp3) is 0.593. The molecule has 170 valence electrons. The van der Waals surface area contributed by atoms with Crippen molar-refractivity contribution in [3.05, 3.63) is 52.6 Å². The topological polar surface area (TPSA) is 54.0 Å². The lowest BCUT2D eigenvalue weighted by molar-refractivity contribution is -0.130. The van der Waals surface area contributed by atoms with Crippen LogP contribution in [0.1, 0.15) is 57.1 Å². The first kappa shape index (κ1) is 20.6. The molecule has 5 nitrogen and oxygen atoms in total. The van der Waals surface area contributed by atoms with E-state index in [4.69, 9.17) is 18.9 Å². The minimum Gasteiger partial charge on any atom is -0.497 e. The van der Waals surface area contributed by atoms with Crippen LogP contribution in [0.4, 0.5) is 0 Å². The molecule has 5 heteroatoms. The van der Waals surface area contributed by atoms with Crippen molar-refractivity contribution in [1.82, 2.24) is 0 Å². The Labute approximate surface area is 189 Å². The van der Waals surface area contributed by atoms with E-state index in [1.807, 2.05) is 12.1 Å². The highest BCUT2D eigenvalue weighted by Crippen LogP contribution is 2.58. The molecule has 32 heavy (non-hydrogen) atoms. The normalized spacial score (nSPS) is 35.8. The van der Waals surface area contributed by atoms with Crippen LogP contribution in [-0.4, -0.2) is 38.5 Å². The highest BCUT2D eigenvalue weighted by atomic mass is 16.7. The molecule has 5 aliphatic rings. The van der Waals surface area contributed by atoms with Crippen molar-refractivity contribution in [2.45, 2.75) is 57.3 Å². The van der Waals surface area contributed by atoms with Crippen LogP contribution < -0.4 is 4.74 Å². The largest absolute Gasteiger partial charge is 0.497 e. The summed E-state index contributed by atoms with van der Waals surface area (Å²) in [4.78, 5) is 13.0. The molecule has 1 saturated carbocycles. The van der Waals surface area contributed by atoms with E-state index >= 15 is 0 Å². The second-order valence-corrected chi connectivity index (χ2v) is 10.2. The van der Waals surface area contributed by atoms with Crippen molar-refractivity contribution in [2.24, 2.45) is 17.3 Å². The van der Waals surface area contributed by atoms with Crippen molar-refractivity contribution in [2.75, 3.05) is 26.9 Å². The van der Waals surface area contributed by atoms with Gasteiger partial charge in [-0.15, -0.1) is 0 Å². The van der Waals surface area contributed by atoms with E-state index in [1.54, 1.807) is 7.11 Å². The maximum atomic E-state index is 13.0. The summed E-state index contributed by atoms with van der Waals surface area (Å²) in [6, 6.07) is 8.25. The smallest absolute Gasteiger partial charge is 0.188 e. The number of hydrogen-bond acceptors (Lipinski definition) is 5. The molecule has 2 heterocycles. The molecule has 4 atom stereocenters. The summed E-state index contributed by atoms with van der Waals surface area (Å²) in [7, 11) is 1.69. The molecule has 2 aliphatic heterocycles.